The van der Waals surface area contributed by atoms with Gasteiger partial charge in [0, 0.05) is 11.8 Å². The number of amides is 1. The van der Waals surface area contributed by atoms with Crippen LogP contribution in [0.2, 0.25) is 0 Å². The van der Waals surface area contributed by atoms with Crippen LogP contribution in [-0.2, 0) is 0 Å². The summed E-state index contributed by atoms with van der Waals surface area (Å²) in [4.78, 5) is 15.9. The summed E-state index contributed by atoms with van der Waals surface area (Å²) < 4.78 is 0.660. The van der Waals surface area contributed by atoms with Crippen LogP contribution in [0.25, 0.3) is 0 Å². The lowest BCUT2D eigenvalue weighted by Gasteiger charge is -2.12. The second-order valence-electron chi connectivity index (χ2n) is 3.62. The van der Waals surface area contributed by atoms with Crippen LogP contribution in [0.1, 0.15) is 28.9 Å². The molecule has 0 spiro atoms. The molecule has 0 aromatic carbocycles. The molecule has 0 saturated heterocycles. The SMILES string of the molecule is CC(NC(=O)c1ccnc(Br)c1)c1ccsc1. The maximum absolute atomic E-state index is 11.9. The highest BCUT2D eigenvalue weighted by molar-refractivity contribution is 9.10. The van der Waals surface area contributed by atoms with Crippen LogP contribution in [0.3, 0.4) is 0 Å². The number of carbonyl (C=O) groups is 1. The first-order valence-corrected chi connectivity index (χ1v) is 6.85. The van der Waals surface area contributed by atoms with E-state index in [1.807, 2.05) is 23.8 Å². The van der Waals surface area contributed by atoms with Gasteiger partial charge in [-0.25, -0.2) is 4.98 Å². The molecule has 1 unspecified atom stereocenters. The summed E-state index contributed by atoms with van der Waals surface area (Å²) in [5.74, 6) is -0.0909. The quantitative estimate of drug-likeness (QED) is 0.883. The molecule has 1 atom stereocenters. The van der Waals surface area contributed by atoms with E-state index in [4.69, 9.17) is 0 Å². The van der Waals surface area contributed by atoms with Crippen LogP contribution >= 0.6 is 27.3 Å². The summed E-state index contributed by atoms with van der Waals surface area (Å²) in [6.07, 6.45) is 1.61. The largest absolute Gasteiger partial charge is 0.345 e. The predicted octanol–water partition coefficient (Wildman–Crippen LogP) is 3.40. The molecule has 2 aromatic heterocycles. The molecule has 88 valence electrons. The number of carbonyl (C=O) groups excluding carboxylic acids is 1. The normalized spacial score (nSPS) is 12.1. The third kappa shape index (κ3) is 3.14. The van der Waals surface area contributed by atoms with E-state index in [9.17, 15) is 4.79 Å². The van der Waals surface area contributed by atoms with Gasteiger partial charge in [0.15, 0.2) is 0 Å². The van der Waals surface area contributed by atoms with E-state index in [0.717, 1.165) is 5.56 Å². The van der Waals surface area contributed by atoms with Gasteiger partial charge in [0.05, 0.1) is 6.04 Å². The number of aromatic nitrogens is 1. The summed E-state index contributed by atoms with van der Waals surface area (Å²) in [7, 11) is 0. The first-order chi connectivity index (χ1) is 8.16. The number of halogens is 1. The molecule has 1 amide bonds. The molecule has 1 N–H and O–H groups in total. The lowest BCUT2D eigenvalue weighted by Crippen LogP contribution is -2.26. The van der Waals surface area contributed by atoms with Crippen LogP contribution in [0.15, 0.2) is 39.8 Å². The average molecular weight is 311 g/mol. The van der Waals surface area contributed by atoms with Crippen LogP contribution in [0, 0.1) is 0 Å². The van der Waals surface area contributed by atoms with E-state index in [-0.39, 0.29) is 11.9 Å². The molecule has 0 bridgehead atoms. The van der Waals surface area contributed by atoms with Crippen molar-refractivity contribution in [1.82, 2.24) is 10.3 Å². The van der Waals surface area contributed by atoms with E-state index < -0.39 is 0 Å². The summed E-state index contributed by atoms with van der Waals surface area (Å²) >= 11 is 4.87. The number of nitrogens with zero attached hydrogens (tertiary/aromatic N) is 1. The van der Waals surface area contributed by atoms with Crippen LogP contribution in [0.5, 0.6) is 0 Å². The number of pyridine rings is 1. The molecule has 0 aliphatic carbocycles. The van der Waals surface area contributed by atoms with Crippen molar-refractivity contribution in [3.05, 3.63) is 50.9 Å². The van der Waals surface area contributed by atoms with Gasteiger partial charge in [-0.1, -0.05) is 0 Å². The van der Waals surface area contributed by atoms with E-state index in [1.54, 1.807) is 29.7 Å². The Morgan fingerprint density at radius 2 is 2.35 bits per heavy atom. The molecule has 0 radical (unpaired) electrons. The zero-order chi connectivity index (χ0) is 12.3. The molecule has 5 heteroatoms. The van der Waals surface area contributed by atoms with Crippen molar-refractivity contribution in [2.45, 2.75) is 13.0 Å². The van der Waals surface area contributed by atoms with Crippen LogP contribution in [0.4, 0.5) is 0 Å². The maximum Gasteiger partial charge on any atom is 0.251 e. The van der Waals surface area contributed by atoms with Gasteiger partial charge >= 0.3 is 0 Å². The van der Waals surface area contributed by atoms with Gasteiger partial charge in [-0.05, 0) is 57.4 Å². The Morgan fingerprint density at radius 3 is 3.00 bits per heavy atom. The number of nitrogens with one attached hydrogen (secondary N) is 1. The Hall–Kier alpha value is -1.20. The lowest BCUT2D eigenvalue weighted by atomic mass is 10.1. The monoisotopic (exact) mass is 310 g/mol. The van der Waals surface area contributed by atoms with Gasteiger partial charge in [0.1, 0.15) is 4.60 Å². The molecule has 0 saturated carbocycles. The van der Waals surface area contributed by atoms with Crippen molar-refractivity contribution < 1.29 is 4.79 Å². The number of hydrogen-bond acceptors (Lipinski definition) is 3. The molecule has 17 heavy (non-hydrogen) atoms. The zero-order valence-corrected chi connectivity index (χ0v) is 11.6. The van der Waals surface area contributed by atoms with Gasteiger partial charge in [-0.15, -0.1) is 0 Å². The van der Waals surface area contributed by atoms with E-state index >= 15 is 0 Å². The fourth-order valence-corrected chi connectivity index (χ4v) is 2.55. The highest BCUT2D eigenvalue weighted by Crippen LogP contribution is 2.16. The van der Waals surface area contributed by atoms with Crippen molar-refractivity contribution >= 4 is 33.2 Å². The molecule has 2 rings (SSSR count). The minimum atomic E-state index is -0.0909. The Morgan fingerprint density at radius 1 is 1.53 bits per heavy atom. The van der Waals surface area contributed by atoms with Gasteiger partial charge in [0.25, 0.3) is 5.91 Å². The maximum atomic E-state index is 11.9. The topological polar surface area (TPSA) is 42.0 Å². The summed E-state index contributed by atoms with van der Waals surface area (Å²) in [6, 6.07) is 5.43. The molecule has 2 aromatic rings. The molecular formula is C12H11BrN2OS. The summed E-state index contributed by atoms with van der Waals surface area (Å²) in [5, 5.41) is 6.98. The Kier molecular flexibility index (Phi) is 3.91. The first-order valence-electron chi connectivity index (χ1n) is 5.11. The minimum absolute atomic E-state index is 0.0145. The van der Waals surface area contributed by atoms with Crippen molar-refractivity contribution in [3.63, 3.8) is 0 Å². The predicted molar refractivity (Wildman–Crippen MR) is 72.1 cm³/mol. The van der Waals surface area contributed by atoms with Gasteiger partial charge < -0.3 is 5.32 Å². The molecule has 2 heterocycles. The smallest absolute Gasteiger partial charge is 0.251 e. The van der Waals surface area contributed by atoms with E-state index in [1.165, 1.54) is 0 Å². The second kappa shape index (κ2) is 5.42. The first kappa shape index (κ1) is 12.3. The highest BCUT2D eigenvalue weighted by atomic mass is 79.9. The number of hydrogen-bond donors (Lipinski definition) is 1. The molecule has 3 nitrogen and oxygen atoms in total. The molecular weight excluding hydrogens is 300 g/mol. The molecule has 0 fully saturated rings. The van der Waals surface area contributed by atoms with E-state index in [2.05, 4.69) is 26.2 Å². The van der Waals surface area contributed by atoms with Crippen LogP contribution < -0.4 is 5.32 Å². The van der Waals surface area contributed by atoms with E-state index in [0.29, 0.717) is 10.2 Å². The third-order valence-electron chi connectivity index (χ3n) is 2.38. The minimum Gasteiger partial charge on any atom is -0.345 e. The lowest BCUT2D eigenvalue weighted by molar-refractivity contribution is 0.0940. The van der Waals surface area contributed by atoms with Crippen LogP contribution in [-0.4, -0.2) is 10.9 Å². The Labute approximate surface area is 112 Å². The number of thiophene rings is 1. The van der Waals surface area contributed by atoms with Gasteiger partial charge in [-0.3, -0.25) is 4.79 Å². The number of rotatable bonds is 3. The fourth-order valence-electron chi connectivity index (χ4n) is 1.43. The van der Waals surface area contributed by atoms with Crippen molar-refractivity contribution in [3.8, 4) is 0 Å². The standard InChI is InChI=1S/C12H11BrN2OS/c1-8(10-3-5-17-7-10)15-12(16)9-2-4-14-11(13)6-9/h2-8H,1H3,(H,15,16). The van der Waals surface area contributed by atoms with Gasteiger partial charge in [0.2, 0.25) is 0 Å². The zero-order valence-electron chi connectivity index (χ0n) is 9.18. The van der Waals surface area contributed by atoms with Gasteiger partial charge in [-0.2, -0.15) is 11.3 Å². The molecule has 0 aliphatic rings. The fraction of sp³-hybridized carbons (Fsp3) is 0.167. The Bertz CT molecular complexity index is 513. The summed E-state index contributed by atoms with van der Waals surface area (Å²) in [5.41, 5.74) is 1.73. The molecule has 0 aliphatic heterocycles. The van der Waals surface area contributed by atoms with Crippen molar-refractivity contribution in [1.29, 1.82) is 0 Å². The van der Waals surface area contributed by atoms with Crippen molar-refractivity contribution in [2.24, 2.45) is 0 Å². The summed E-state index contributed by atoms with van der Waals surface area (Å²) in [6.45, 7) is 1.97. The van der Waals surface area contributed by atoms with Crippen molar-refractivity contribution in [2.75, 3.05) is 0 Å². The average Bonchev–Trinajstić information content (AvgIpc) is 2.82. The second-order valence-corrected chi connectivity index (χ2v) is 5.21. The third-order valence-corrected chi connectivity index (χ3v) is 3.51. The highest BCUT2D eigenvalue weighted by Gasteiger charge is 2.11. The Balaban J connectivity index is 2.07.